The van der Waals surface area contributed by atoms with Gasteiger partial charge in [-0.05, 0) is 21.5 Å². The van der Waals surface area contributed by atoms with Crippen LogP contribution >= 0.6 is 0 Å². The van der Waals surface area contributed by atoms with E-state index >= 15 is 0 Å². The molecule has 4 aromatic rings. The van der Waals surface area contributed by atoms with E-state index in [-0.39, 0.29) is 0 Å². The van der Waals surface area contributed by atoms with Crippen LogP contribution in [0.3, 0.4) is 0 Å². The Morgan fingerprint density at radius 3 is 1.95 bits per heavy atom. The summed E-state index contributed by atoms with van der Waals surface area (Å²) in [6.45, 7) is 0. The summed E-state index contributed by atoms with van der Waals surface area (Å²) in [6.07, 6.45) is 0. The van der Waals surface area contributed by atoms with E-state index in [2.05, 4.69) is 84.9 Å². The molecule has 0 aliphatic heterocycles. The van der Waals surface area contributed by atoms with Crippen molar-refractivity contribution in [2.24, 2.45) is 0 Å². The predicted molar refractivity (Wildman–Crippen MR) is 92.9 cm³/mol. The molecule has 0 spiro atoms. The molecule has 0 bridgehead atoms. The molecule has 0 aliphatic carbocycles. The third kappa shape index (κ3) is 2.26. The molecule has 98 valence electrons. The molecule has 0 nitrogen and oxygen atoms in total. The van der Waals surface area contributed by atoms with Crippen LogP contribution in [0.25, 0.3) is 21.5 Å². The first kappa shape index (κ1) is 12.4. The zero-order valence-electron chi connectivity index (χ0n) is 11.6. The average molecular weight is 282 g/mol. The molecule has 0 aromatic heterocycles. The quantitative estimate of drug-likeness (QED) is 0.389. The zero-order valence-corrected chi connectivity index (χ0v) is 12.6. The molecule has 0 saturated carbocycles. The van der Waals surface area contributed by atoms with E-state index in [1.54, 1.807) is 0 Å². The smallest absolute Gasteiger partial charge is 0.0631 e. The van der Waals surface area contributed by atoms with E-state index in [0.717, 1.165) is 0 Å². The second-order valence-corrected chi connectivity index (χ2v) is 6.55. The molecular formula is C20H14Si. The fraction of sp³-hybridized carbons (Fsp3) is 0. The Balaban J connectivity index is 1.98. The van der Waals surface area contributed by atoms with Gasteiger partial charge in [-0.25, -0.2) is 0 Å². The van der Waals surface area contributed by atoms with Gasteiger partial charge >= 0.3 is 0 Å². The fourth-order valence-corrected chi connectivity index (χ4v) is 4.09. The van der Waals surface area contributed by atoms with Crippen LogP contribution in [0.2, 0.25) is 0 Å². The molecule has 0 atom stereocenters. The van der Waals surface area contributed by atoms with Crippen molar-refractivity contribution in [2.45, 2.75) is 0 Å². The van der Waals surface area contributed by atoms with Crippen molar-refractivity contribution in [3.05, 3.63) is 84.9 Å². The summed E-state index contributed by atoms with van der Waals surface area (Å²) in [5.41, 5.74) is 0. The number of fused-ring (bicyclic) bond motifs is 3. The van der Waals surface area contributed by atoms with Gasteiger partial charge in [-0.15, -0.1) is 0 Å². The molecule has 1 heteroatoms. The first-order chi connectivity index (χ1) is 10.4. The molecule has 0 aliphatic rings. The third-order valence-corrected chi connectivity index (χ3v) is 5.13. The minimum absolute atomic E-state index is 0.694. The lowest BCUT2D eigenvalue weighted by atomic mass is 10.0. The van der Waals surface area contributed by atoms with E-state index in [0.29, 0.717) is 9.52 Å². The summed E-state index contributed by atoms with van der Waals surface area (Å²) in [6, 6.07) is 30.5. The maximum absolute atomic E-state index is 2.35. The van der Waals surface area contributed by atoms with E-state index in [1.165, 1.54) is 31.9 Å². The van der Waals surface area contributed by atoms with Crippen LogP contribution in [0, 0.1) is 0 Å². The highest BCUT2D eigenvalue weighted by atomic mass is 28.2. The van der Waals surface area contributed by atoms with Gasteiger partial charge in [0.1, 0.15) is 9.52 Å². The second kappa shape index (κ2) is 5.19. The van der Waals surface area contributed by atoms with Crippen molar-refractivity contribution in [2.75, 3.05) is 0 Å². The maximum Gasteiger partial charge on any atom is 0.122 e. The van der Waals surface area contributed by atoms with Gasteiger partial charge < -0.3 is 0 Å². The molecule has 0 saturated heterocycles. The first-order valence-corrected chi connectivity index (χ1v) is 8.14. The Labute approximate surface area is 126 Å². The molecule has 21 heavy (non-hydrogen) atoms. The second-order valence-electron chi connectivity index (χ2n) is 5.18. The molecule has 0 fully saturated rings. The van der Waals surface area contributed by atoms with Crippen LogP contribution in [0.1, 0.15) is 0 Å². The standard InChI is InChI=1S/C20H14Si/c1-2-9-16(10-3-1)21-20-14-15-8-4-5-11-17(15)18-12-6-7-13-19(18)20/h1-14H. The number of rotatable bonds is 2. The largest absolute Gasteiger partial charge is 0.122 e. The van der Waals surface area contributed by atoms with E-state index in [9.17, 15) is 0 Å². The molecular weight excluding hydrogens is 268 g/mol. The maximum atomic E-state index is 2.35. The van der Waals surface area contributed by atoms with Gasteiger partial charge in [0.2, 0.25) is 0 Å². The Morgan fingerprint density at radius 1 is 0.524 bits per heavy atom. The third-order valence-electron chi connectivity index (χ3n) is 3.82. The van der Waals surface area contributed by atoms with Crippen molar-refractivity contribution < 1.29 is 0 Å². The normalized spacial score (nSPS) is 11.0. The van der Waals surface area contributed by atoms with Gasteiger partial charge in [-0.3, -0.25) is 0 Å². The highest BCUT2D eigenvalue weighted by Gasteiger charge is 2.07. The van der Waals surface area contributed by atoms with Gasteiger partial charge in [-0.2, -0.15) is 0 Å². The Bertz CT molecular complexity index is 910. The van der Waals surface area contributed by atoms with E-state index < -0.39 is 0 Å². The van der Waals surface area contributed by atoms with Crippen LogP contribution in [-0.4, -0.2) is 9.52 Å². The van der Waals surface area contributed by atoms with Crippen LogP contribution in [-0.2, 0) is 0 Å². The molecule has 2 radical (unpaired) electrons. The molecule has 0 unspecified atom stereocenters. The fourth-order valence-electron chi connectivity index (χ4n) is 2.83. The van der Waals surface area contributed by atoms with Crippen molar-refractivity contribution in [3.8, 4) is 0 Å². The summed E-state index contributed by atoms with van der Waals surface area (Å²) in [5, 5.41) is 8.21. The van der Waals surface area contributed by atoms with Crippen molar-refractivity contribution >= 4 is 41.4 Å². The monoisotopic (exact) mass is 282 g/mol. The van der Waals surface area contributed by atoms with Crippen molar-refractivity contribution in [1.82, 2.24) is 0 Å². The lowest BCUT2D eigenvalue weighted by Gasteiger charge is -2.10. The molecule has 4 rings (SSSR count). The minimum atomic E-state index is 0.694. The summed E-state index contributed by atoms with van der Waals surface area (Å²) in [4.78, 5) is 0. The zero-order chi connectivity index (χ0) is 14.1. The van der Waals surface area contributed by atoms with Gasteiger partial charge in [0.25, 0.3) is 0 Å². The summed E-state index contributed by atoms with van der Waals surface area (Å²) < 4.78 is 0. The summed E-state index contributed by atoms with van der Waals surface area (Å²) in [7, 11) is 0.694. The minimum Gasteiger partial charge on any atom is -0.0631 e. The van der Waals surface area contributed by atoms with Crippen LogP contribution in [0.4, 0.5) is 0 Å². The lowest BCUT2D eigenvalue weighted by Crippen LogP contribution is -2.27. The highest BCUT2D eigenvalue weighted by Crippen LogP contribution is 2.23. The number of hydrogen-bond acceptors (Lipinski definition) is 0. The van der Waals surface area contributed by atoms with Crippen LogP contribution in [0.5, 0.6) is 0 Å². The van der Waals surface area contributed by atoms with Crippen molar-refractivity contribution in [1.29, 1.82) is 0 Å². The van der Waals surface area contributed by atoms with Gasteiger partial charge in [0.15, 0.2) is 0 Å². The SMILES string of the molecule is c1ccc([Si]c2cc3ccccc3c3ccccc23)cc1. The molecule has 4 aromatic carbocycles. The topological polar surface area (TPSA) is 0 Å². The van der Waals surface area contributed by atoms with Crippen LogP contribution < -0.4 is 10.4 Å². The summed E-state index contributed by atoms with van der Waals surface area (Å²) >= 11 is 0. The Hall–Kier alpha value is -2.38. The molecule has 0 N–H and O–H groups in total. The van der Waals surface area contributed by atoms with Crippen LogP contribution in [0.15, 0.2) is 84.9 Å². The van der Waals surface area contributed by atoms with Crippen molar-refractivity contribution in [3.63, 3.8) is 0 Å². The average Bonchev–Trinajstić information content (AvgIpc) is 2.56. The van der Waals surface area contributed by atoms with E-state index in [4.69, 9.17) is 0 Å². The molecule has 0 amide bonds. The number of benzene rings is 4. The van der Waals surface area contributed by atoms with Gasteiger partial charge in [0, 0.05) is 0 Å². The Kier molecular flexibility index (Phi) is 3.06. The summed E-state index contributed by atoms with van der Waals surface area (Å²) in [5.74, 6) is 0. The first-order valence-electron chi connectivity index (χ1n) is 7.14. The highest BCUT2D eigenvalue weighted by molar-refractivity contribution is 6.70. The predicted octanol–water partition coefficient (Wildman–Crippen LogP) is 3.65. The Morgan fingerprint density at radius 2 is 1.14 bits per heavy atom. The lowest BCUT2D eigenvalue weighted by molar-refractivity contribution is 1.76. The van der Waals surface area contributed by atoms with Gasteiger partial charge in [0.05, 0.1) is 0 Å². The van der Waals surface area contributed by atoms with E-state index in [1.807, 2.05) is 0 Å². The van der Waals surface area contributed by atoms with Gasteiger partial charge in [-0.1, -0.05) is 95.3 Å². The molecule has 0 heterocycles. The number of hydrogen-bond donors (Lipinski definition) is 0.